The number of rotatable bonds is 1. The molecule has 1 nitrogen and oxygen atoms in total. The van der Waals surface area contributed by atoms with Gasteiger partial charge in [0.1, 0.15) is 0 Å². The van der Waals surface area contributed by atoms with Crippen molar-refractivity contribution in [3.8, 4) is 10.6 Å². The van der Waals surface area contributed by atoms with E-state index < -0.39 is 0 Å². The van der Waals surface area contributed by atoms with Crippen LogP contribution in [0.1, 0.15) is 11.1 Å². The van der Waals surface area contributed by atoms with Crippen molar-refractivity contribution < 1.29 is 0 Å². The van der Waals surface area contributed by atoms with Gasteiger partial charge < -0.3 is 0 Å². The molecule has 0 saturated heterocycles. The van der Waals surface area contributed by atoms with Crippen molar-refractivity contribution >= 4 is 33.0 Å². The molecule has 4 aromatic rings. The topological polar surface area (TPSA) is 12.9 Å². The van der Waals surface area contributed by atoms with E-state index in [1.54, 1.807) is 11.3 Å². The molecule has 2 heterocycles. The number of fused-ring (bicyclic) bond motifs is 5. The smallest absolute Gasteiger partial charge is 0.0844 e. The normalized spacial score (nSPS) is 13.3. The molecule has 0 bridgehead atoms. The Morgan fingerprint density at radius 3 is 2.57 bits per heavy atom. The van der Waals surface area contributed by atoms with Gasteiger partial charge in [0.05, 0.1) is 16.1 Å². The first kappa shape index (κ1) is 11.5. The number of aryl methyl sites for hydroxylation is 1. The molecule has 0 amide bonds. The summed E-state index contributed by atoms with van der Waals surface area (Å²) in [5, 5.41) is 6.16. The molecule has 0 aliphatic heterocycles. The van der Waals surface area contributed by atoms with Crippen LogP contribution in [0.3, 0.4) is 0 Å². The van der Waals surface area contributed by atoms with E-state index in [1.165, 1.54) is 44.3 Å². The zero-order valence-electron chi connectivity index (χ0n) is 11.5. The number of hydrogen-bond acceptors (Lipinski definition) is 2. The van der Waals surface area contributed by atoms with Gasteiger partial charge in [-0.05, 0) is 52.3 Å². The van der Waals surface area contributed by atoms with Crippen molar-refractivity contribution in [1.29, 1.82) is 0 Å². The van der Waals surface area contributed by atoms with Crippen LogP contribution in [-0.2, 0) is 12.8 Å². The Morgan fingerprint density at radius 1 is 0.857 bits per heavy atom. The molecule has 100 valence electrons. The number of aromatic nitrogens is 1. The third-order valence-electron chi connectivity index (χ3n) is 4.47. The maximum absolute atomic E-state index is 4.99. The molecule has 2 heteroatoms. The monoisotopic (exact) mass is 287 g/mol. The van der Waals surface area contributed by atoms with Crippen molar-refractivity contribution in [3.63, 3.8) is 0 Å². The summed E-state index contributed by atoms with van der Waals surface area (Å²) in [7, 11) is 0. The molecule has 2 aromatic heterocycles. The molecule has 0 saturated carbocycles. The number of thiophene rings is 1. The summed E-state index contributed by atoms with van der Waals surface area (Å²) in [6, 6.07) is 17.3. The second-order valence-corrected chi connectivity index (χ2v) is 6.52. The van der Waals surface area contributed by atoms with Gasteiger partial charge in [0.15, 0.2) is 0 Å². The zero-order chi connectivity index (χ0) is 13.8. The molecule has 5 rings (SSSR count). The van der Waals surface area contributed by atoms with E-state index in [0.29, 0.717) is 0 Å². The second-order valence-electron chi connectivity index (χ2n) is 5.58. The standard InChI is InChI=1S/C19H13NS/c1-2-5-13-12(4-1)7-10-16-18(13)14-8-9-15(14)19(20-16)17-6-3-11-21-17/h1-7,10-11H,8-9H2. The Bertz CT molecular complexity index is 983. The lowest BCUT2D eigenvalue weighted by Crippen LogP contribution is -2.12. The molecule has 0 atom stereocenters. The molecule has 21 heavy (non-hydrogen) atoms. The number of pyridine rings is 1. The summed E-state index contributed by atoms with van der Waals surface area (Å²) in [5.41, 5.74) is 5.31. The van der Waals surface area contributed by atoms with Crippen LogP contribution in [0, 0.1) is 0 Å². The fraction of sp³-hybridized carbons (Fsp3) is 0.105. The lowest BCUT2D eigenvalue weighted by Gasteiger charge is -2.24. The molecule has 0 spiro atoms. The van der Waals surface area contributed by atoms with Crippen LogP contribution in [0.5, 0.6) is 0 Å². The van der Waals surface area contributed by atoms with Crippen LogP contribution in [0.25, 0.3) is 32.2 Å². The van der Waals surface area contributed by atoms with Crippen molar-refractivity contribution in [1.82, 2.24) is 4.98 Å². The Kier molecular flexibility index (Phi) is 2.27. The summed E-state index contributed by atoms with van der Waals surface area (Å²) in [4.78, 5) is 6.28. The third-order valence-corrected chi connectivity index (χ3v) is 5.35. The minimum atomic E-state index is 1.13. The van der Waals surface area contributed by atoms with E-state index in [1.807, 2.05) is 0 Å². The van der Waals surface area contributed by atoms with Gasteiger partial charge in [-0.15, -0.1) is 11.3 Å². The number of nitrogens with zero attached hydrogens (tertiary/aromatic N) is 1. The van der Waals surface area contributed by atoms with Gasteiger partial charge in [0.25, 0.3) is 0 Å². The first-order valence-corrected chi connectivity index (χ1v) is 8.17. The van der Waals surface area contributed by atoms with E-state index in [4.69, 9.17) is 4.98 Å². The molecule has 0 radical (unpaired) electrons. The summed E-state index contributed by atoms with van der Waals surface area (Å²) in [5.74, 6) is 0. The van der Waals surface area contributed by atoms with Crippen LogP contribution >= 0.6 is 11.3 Å². The Balaban J connectivity index is 1.94. The predicted molar refractivity (Wildman–Crippen MR) is 90.0 cm³/mol. The van der Waals surface area contributed by atoms with Crippen LogP contribution in [0.15, 0.2) is 53.9 Å². The maximum Gasteiger partial charge on any atom is 0.0844 e. The molecular weight excluding hydrogens is 274 g/mol. The molecule has 1 aliphatic rings. The average Bonchev–Trinajstić information content (AvgIpc) is 3.01. The fourth-order valence-electron chi connectivity index (χ4n) is 3.39. The first-order chi connectivity index (χ1) is 10.4. The summed E-state index contributed by atoms with van der Waals surface area (Å²) in [6.45, 7) is 0. The molecule has 0 unspecified atom stereocenters. The molecular formula is C19H13NS. The minimum absolute atomic E-state index is 1.13. The lowest BCUT2D eigenvalue weighted by atomic mass is 9.82. The Hall–Kier alpha value is -2.19. The van der Waals surface area contributed by atoms with E-state index >= 15 is 0 Å². The molecule has 0 N–H and O–H groups in total. The van der Waals surface area contributed by atoms with Gasteiger partial charge in [0.2, 0.25) is 0 Å². The van der Waals surface area contributed by atoms with Crippen LogP contribution in [0.4, 0.5) is 0 Å². The van der Waals surface area contributed by atoms with Gasteiger partial charge in [-0.3, -0.25) is 0 Å². The van der Waals surface area contributed by atoms with E-state index in [0.717, 1.165) is 11.9 Å². The number of hydrogen-bond donors (Lipinski definition) is 0. The Morgan fingerprint density at radius 2 is 1.76 bits per heavy atom. The zero-order valence-corrected chi connectivity index (χ0v) is 12.3. The predicted octanol–water partition coefficient (Wildman–Crippen LogP) is 5.22. The van der Waals surface area contributed by atoms with Gasteiger partial charge in [-0.25, -0.2) is 4.98 Å². The quantitative estimate of drug-likeness (QED) is 0.438. The Labute approximate surface area is 126 Å². The van der Waals surface area contributed by atoms with Crippen LogP contribution in [-0.4, -0.2) is 4.98 Å². The largest absolute Gasteiger partial charge is 0.247 e. The van der Waals surface area contributed by atoms with Crippen LogP contribution in [0.2, 0.25) is 0 Å². The highest BCUT2D eigenvalue weighted by Crippen LogP contribution is 2.40. The summed E-state index contributed by atoms with van der Waals surface area (Å²) in [6.07, 6.45) is 2.34. The van der Waals surface area contributed by atoms with Gasteiger partial charge in [-0.1, -0.05) is 36.4 Å². The lowest BCUT2D eigenvalue weighted by molar-refractivity contribution is 0.848. The highest BCUT2D eigenvalue weighted by atomic mass is 32.1. The van der Waals surface area contributed by atoms with Crippen molar-refractivity contribution in [2.24, 2.45) is 0 Å². The maximum atomic E-state index is 4.99. The van der Waals surface area contributed by atoms with Crippen LogP contribution < -0.4 is 0 Å². The van der Waals surface area contributed by atoms with Gasteiger partial charge >= 0.3 is 0 Å². The molecule has 2 aromatic carbocycles. The highest BCUT2D eigenvalue weighted by Gasteiger charge is 2.24. The second kappa shape index (κ2) is 4.15. The van der Waals surface area contributed by atoms with E-state index in [2.05, 4.69) is 53.9 Å². The molecule has 1 aliphatic carbocycles. The van der Waals surface area contributed by atoms with E-state index in [9.17, 15) is 0 Å². The van der Waals surface area contributed by atoms with E-state index in [-0.39, 0.29) is 0 Å². The summed E-state index contributed by atoms with van der Waals surface area (Å²) < 4.78 is 0. The van der Waals surface area contributed by atoms with Gasteiger partial charge in [-0.2, -0.15) is 0 Å². The van der Waals surface area contributed by atoms with Gasteiger partial charge in [0, 0.05) is 5.39 Å². The first-order valence-electron chi connectivity index (χ1n) is 7.29. The third kappa shape index (κ3) is 1.54. The average molecular weight is 287 g/mol. The van der Waals surface area contributed by atoms with Crippen molar-refractivity contribution in [3.05, 3.63) is 65.0 Å². The van der Waals surface area contributed by atoms with Crippen molar-refractivity contribution in [2.45, 2.75) is 12.8 Å². The molecule has 0 fully saturated rings. The number of benzene rings is 2. The van der Waals surface area contributed by atoms with Crippen molar-refractivity contribution in [2.75, 3.05) is 0 Å². The minimum Gasteiger partial charge on any atom is -0.247 e. The summed E-state index contributed by atoms with van der Waals surface area (Å²) >= 11 is 1.78. The highest BCUT2D eigenvalue weighted by molar-refractivity contribution is 7.13. The fourth-order valence-corrected chi connectivity index (χ4v) is 4.13. The SMILES string of the molecule is c1csc(-c2nc3ccc4ccccc4c3c3c2CC3)c1.